The molecule has 0 heterocycles. The van der Waals surface area contributed by atoms with Crippen LogP contribution in [0.3, 0.4) is 0 Å². The van der Waals surface area contributed by atoms with E-state index in [4.69, 9.17) is 5.11 Å². The first-order valence-corrected chi connectivity index (χ1v) is 6.89. The van der Waals surface area contributed by atoms with Crippen LogP contribution in [-0.4, -0.2) is 48.6 Å². The highest BCUT2D eigenvalue weighted by Gasteiger charge is 2.15. The van der Waals surface area contributed by atoms with Gasteiger partial charge < -0.3 is 10.4 Å². The van der Waals surface area contributed by atoms with E-state index in [0.29, 0.717) is 5.69 Å². The maximum atomic E-state index is 12.3. The molecule has 0 bridgehead atoms. The van der Waals surface area contributed by atoms with E-state index < -0.39 is 18.9 Å². The summed E-state index contributed by atoms with van der Waals surface area (Å²) in [6.45, 7) is 0.956. The number of alkyl halides is 2. The highest BCUT2D eigenvalue weighted by molar-refractivity contribution is 9.10. The maximum absolute atomic E-state index is 12.3. The Morgan fingerprint density at radius 1 is 1.50 bits per heavy atom. The molecule has 0 aliphatic rings. The van der Waals surface area contributed by atoms with Crippen LogP contribution in [0.5, 0.6) is 0 Å². The summed E-state index contributed by atoms with van der Waals surface area (Å²) in [6.07, 6.45) is -2.54. The number of carbonyl (C=O) groups is 1. The highest BCUT2D eigenvalue weighted by atomic mass is 79.9. The number of benzene rings is 1. The summed E-state index contributed by atoms with van der Waals surface area (Å²) < 4.78 is 25.4. The molecule has 0 aliphatic heterocycles. The van der Waals surface area contributed by atoms with Gasteiger partial charge in [-0.25, -0.2) is 8.78 Å². The average molecular weight is 351 g/mol. The van der Waals surface area contributed by atoms with E-state index in [1.807, 2.05) is 19.1 Å². The van der Waals surface area contributed by atoms with Gasteiger partial charge in [0, 0.05) is 11.0 Å². The Morgan fingerprint density at radius 3 is 2.75 bits per heavy atom. The van der Waals surface area contributed by atoms with E-state index in [1.54, 1.807) is 6.07 Å². The number of carbonyl (C=O) groups excluding carboxylic acids is 1. The second-order valence-electron chi connectivity index (χ2n) is 4.38. The topological polar surface area (TPSA) is 52.6 Å². The third kappa shape index (κ3) is 5.94. The Bertz CT molecular complexity index is 458. The van der Waals surface area contributed by atoms with Crippen LogP contribution in [0.15, 0.2) is 22.7 Å². The first kappa shape index (κ1) is 17.0. The summed E-state index contributed by atoms with van der Waals surface area (Å²) >= 11 is 3.32. The SMILES string of the molecule is Cc1ccc(NC(=O)CN(CCO)CC(F)F)c(Br)c1. The summed E-state index contributed by atoms with van der Waals surface area (Å²) in [5.74, 6) is -0.399. The van der Waals surface area contributed by atoms with E-state index >= 15 is 0 Å². The number of aliphatic hydroxyl groups excluding tert-OH is 1. The minimum absolute atomic E-state index is 0.0346. The van der Waals surface area contributed by atoms with Crippen LogP contribution in [0.1, 0.15) is 5.56 Å². The molecule has 0 aromatic heterocycles. The molecule has 1 amide bonds. The Morgan fingerprint density at radius 2 is 2.20 bits per heavy atom. The Balaban J connectivity index is 2.60. The molecule has 1 rings (SSSR count). The van der Waals surface area contributed by atoms with Gasteiger partial charge in [0.2, 0.25) is 5.91 Å². The third-order valence-electron chi connectivity index (χ3n) is 2.58. The second kappa shape index (κ2) is 8.28. The Kier molecular flexibility index (Phi) is 7.04. The lowest BCUT2D eigenvalue weighted by Crippen LogP contribution is -2.38. The van der Waals surface area contributed by atoms with Gasteiger partial charge in [0.25, 0.3) is 6.43 Å². The molecule has 7 heteroatoms. The number of aliphatic hydroxyl groups is 1. The van der Waals surface area contributed by atoms with Gasteiger partial charge in [0.05, 0.1) is 25.4 Å². The predicted molar refractivity (Wildman–Crippen MR) is 77.0 cm³/mol. The van der Waals surface area contributed by atoms with E-state index in [0.717, 1.165) is 10.0 Å². The third-order valence-corrected chi connectivity index (χ3v) is 3.23. The van der Waals surface area contributed by atoms with E-state index in [1.165, 1.54) is 4.90 Å². The molecule has 1 aromatic carbocycles. The molecule has 0 atom stereocenters. The standard InChI is InChI=1S/C13H17BrF2N2O2/c1-9-2-3-11(10(14)6-9)17-13(20)8-18(4-5-19)7-12(15)16/h2-3,6,12,19H,4-5,7-8H2,1H3,(H,17,20). The molecular weight excluding hydrogens is 334 g/mol. The van der Waals surface area contributed by atoms with Crippen LogP contribution in [0.4, 0.5) is 14.5 Å². The lowest BCUT2D eigenvalue weighted by atomic mass is 10.2. The quantitative estimate of drug-likeness (QED) is 0.792. The first-order chi connectivity index (χ1) is 9.42. The van der Waals surface area contributed by atoms with Crippen molar-refractivity contribution in [1.29, 1.82) is 0 Å². The van der Waals surface area contributed by atoms with Crippen LogP contribution < -0.4 is 5.32 Å². The molecule has 0 radical (unpaired) electrons. The van der Waals surface area contributed by atoms with Gasteiger partial charge in [-0.3, -0.25) is 9.69 Å². The van der Waals surface area contributed by atoms with E-state index in [-0.39, 0.29) is 19.7 Å². The van der Waals surface area contributed by atoms with Crippen molar-refractivity contribution < 1.29 is 18.7 Å². The molecule has 2 N–H and O–H groups in total. The van der Waals surface area contributed by atoms with Crippen LogP contribution >= 0.6 is 15.9 Å². The van der Waals surface area contributed by atoms with Crippen molar-refractivity contribution in [3.63, 3.8) is 0 Å². The highest BCUT2D eigenvalue weighted by Crippen LogP contribution is 2.23. The number of rotatable bonds is 7. The number of halogens is 3. The first-order valence-electron chi connectivity index (χ1n) is 6.09. The number of nitrogens with zero attached hydrogens (tertiary/aromatic N) is 1. The van der Waals surface area contributed by atoms with Crippen LogP contribution in [-0.2, 0) is 4.79 Å². The Hall–Kier alpha value is -1.05. The molecule has 0 saturated heterocycles. The van der Waals surface area contributed by atoms with Crippen LogP contribution in [0.25, 0.3) is 0 Å². The summed E-state index contributed by atoms with van der Waals surface area (Å²) in [6, 6.07) is 5.42. The number of hydrogen-bond acceptors (Lipinski definition) is 3. The predicted octanol–water partition coefficient (Wildman–Crippen LogP) is 2.26. The van der Waals surface area contributed by atoms with Crippen LogP contribution in [0, 0.1) is 6.92 Å². The molecule has 112 valence electrons. The monoisotopic (exact) mass is 350 g/mol. The zero-order valence-corrected chi connectivity index (χ0v) is 12.7. The van der Waals surface area contributed by atoms with Gasteiger partial charge >= 0.3 is 0 Å². The van der Waals surface area contributed by atoms with Gasteiger partial charge in [-0.15, -0.1) is 0 Å². The second-order valence-corrected chi connectivity index (χ2v) is 5.24. The smallest absolute Gasteiger partial charge is 0.251 e. The molecule has 1 aromatic rings. The van der Waals surface area contributed by atoms with Crippen molar-refractivity contribution in [2.24, 2.45) is 0 Å². The molecular formula is C13H17BrF2N2O2. The molecule has 20 heavy (non-hydrogen) atoms. The number of nitrogens with one attached hydrogen (secondary N) is 1. The fraction of sp³-hybridized carbons (Fsp3) is 0.462. The largest absolute Gasteiger partial charge is 0.395 e. The fourth-order valence-electron chi connectivity index (χ4n) is 1.69. The molecule has 0 saturated carbocycles. The van der Waals surface area contributed by atoms with Crippen LogP contribution in [0.2, 0.25) is 0 Å². The minimum atomic E-state index is -2.54. The summed E-state index contributed by atoms with van der Waals surface area (Å²) in [5, 5.41) is 11.4. The lowest BCUT2D eigenvalue weighted by Gasteiger charge is -2.20. The zero-order valence-electron chi connectivity index (χ0n) is 11.1. The van der Waals surface area contributed by atoms with Crippen molar-refractivity contribution in [3.05, 3.63) is 28.2 Å². The Labute approximate surface area is 124 Å². The fourth-order valence-corrected chi connectivity index (χ4v) is 2.28. The number of hydrogen-bond donors (Lipinski definition) is 2. The van der Waals surface area contributed by atoms with Gasteiger partial charge in [-0.2, -0.15) is 0 Å². The summed E-state index contributed by atoms with van der Waals surface area (Å²) in [5.41, 5.74) is 1.62. The van der Waals surface area contributed by atoms with Crippen molar-refractivity contribution in [3.8, 4) is 0 Å². The maximum Gasteiger partial charge on any atom is 0.251 e. The average Bonchev–Trinajstić information content (AvgIpc) is 2.32. The van der Waals surface area contributed by atoms with E-state index in [9.17, 15) is 13.6 Å². The van der Waals surface area contributed by atoms with E-state index in [2.05, 4.69) is 21.2 Å². The lowest BCUT2D eigenvalue weighted by molar-refractivity contribution is -0.117. The summed E-state index contributed by atoms with van der Waals surface area (Å²) in [7, 11) is 0. The van der Waals surface area contributed by atoms with Crippen molar-refractivity contribution in [1.82, 2.24) is 4.90 Å². The molecule has 0 aliphatic carbocycles. The normalized spacial score (nSPS) is 11.2. The minimum Gasteiger partial charge on any atom is -0.395 e. The number of aryl methyl sites for hydroxylation is 1. The zero-order chi connectivity index (χ0) is 15.1. The summed E-state index contributed by atoms with van der Waals surface area (Å²) in [4.78, 5) is 13.0. The van der Waals surface area contributed by atoms with Gasteiger partial charge in [0.15, 0.2) is 0 Å². The molecule has 0 fully saturated rings. The molecule has 0 spiro atoms. The molecule has 0 unspecified atom stereocenters. The van der Waals surface area contributed by atoms with Crippen molar-refractivity contribution >= 4 is 27.5 Å². The van der Waals surface area contributed by atoms with Gasteiger partial charge in [-0.1, -0.05) is 6.07 Å². The van der Waals surface area contributed by atoms with Crippen molar-refractivity contribution in [2.75, 3.05) is 31.6 Å². The molecule has 4 nitrogen and oxygen atoms in total. The van der Waals surface area contributed by atoms with Gasteiger partial charge in [0.1, 0.15) is 0 Å². The van der Waals surface area contributed by atoms with Gasteiger partial charge in [-0.05, 0) is 40.5 Å². The number of amides is 1. The number of anilines is 1. The van der Waals surface area contributed by atoms with Crippen molar-refractivity contribution in [2.45, 2.75) is 13.3 Å².